The third kappa shape index (κ3) is 5.02. The molecule has 2 unspecified atom stereocenters. The summed E-state index contributed by atoms with van der Waals surface area (Å²) in [6.45, 7) is 3.53. The fourth-order valence-electron chi connectivity index (χ4n) is 5.55. The highest BCUT2D eigenvalue weighted by Crippen LogP contribution is 2.50. The van der Waals surface area contributed by atoms with E-state index in [4.69, 9.17) is 4.74 Å². The van der Waals surface area contributed by atoms with Crippen molar-refractivity contribution in [3.8, 4) is 11.5 Å². The molecule has 40 heavy (non-hydrogen) atoms. The maximum absolute atomic E-state index is 13.6. The first-order valence-corrected chi connectivity index (χ1v) is 14.2. The number of thioether (sulfide) groups is 1. The number of amides is 4. The van der Waals surface area contributed by atoms with E-state index in [1.807, 2.05) is 60.7 Å². The molecule has 9 nitrogen and oxygen atoms in total. The largest absolute Gasteiger partial charge is 0.457 e. The minimum absolute atomic E-state index is 0.157. The lowest BCUT2D eigenvalue weighted by Gasteiger charge is -2.36. The highest BCUT2D eigenvalue weighted by atomic mass is 32.2. The topological polar surface area (TPSA) is 113 Å². The monoisotopic (exact) mass is 555 g/mol. The van der Waals surface area contributed by atoms with Crippen molar-refractivity contribution >= 4 is 41.0 Å². The van der Waals surface area contributed by atoms with Crippen LogP contribution in [-0.2, 0) is 9.59 Å². The minimum Gasteiger partial charge on any atom is -0.457 e. The molecule has 1 aliphatic carbocycles. The Hall–Kier alpha value is -4.31. The third-order valence-electron chi connectivity index (χ3n) is 7.44. The molecule has 0 spiro atoms. The molecule has 1 saturated carbocycles. The number of carbonyl (C=O) groups is 3. The highest BCUT2D eigenvalue weighted by molar-refractivity contribution is 8.01. The summed E-state index contributed by atoms with van der Waals surface area (Å²) in [6, 6.07) is 17.4. The van der Waals surface area contributed by atoms with Crippen molar-refractivity contribution in [2.75, 3.05) is 4.90 Å². The number of anilines is 2. The standard InChI is InChI=1S/C30H29N5O4S/c1-2-24(36)32-21-10-6-7-11-22(21)33-28(37)27-26-25-23(16-17-31-29(25)40-27)35(30(38)34-26)18-12-14-20(15-13-18)39-19-8-4-3-5-9-19/h2-5,8-9,12-17,21-22,26-27H,1,6-7,10-11H2,(H,32,36)(H,33,37)(H,34,38)/t21-,22+,26?,27?/m0/s1. The number of carbonyl (C=O) groups excluding carboxylic acids is 3. The first-order chi connectivity index (χ1) is 19.5. The summed E-state index contributed by atoms with van der Waals surface area (Å²) in [7, 11) is 0. The van der Waals surface area contributed by atoms with Gasteiger partial charge in [0.25, 0.3) is 0 Å². The van der Waals surface area contributed by atoms with E-state index in [0.29, 0.717) is 17.1 Å². The second-order valence-corrected chi connectivity index (χ2v) is 11.1. The molecule has 6 rings (SSSR count). The molecule has 4 amide bonds. The first kappa shape index (κ1) is 25.9. The second kappa shape index (κ2) is 11.1. The molecule has 3 aromatic rings. The van der Waals surface area contributed by atoms with Crippen molar-refractivity contribution in [2.24, 2.45) is 0 Å². The maximum atomic E-state index is 13.6. The van der Waals surface area contributed by atoms with Gasteiger partial charge in [0.05, 0.1) is 17.4 Å². The molecule has 0 radical (unpaired) electrons. The van der Waals surface area contributed by atoms with E-state index in [2.05, 4.69) is 27.5 Å². The molecular formula is C30H29N5O4S. The maximum Gasteiger partial charge on any atom is 0.327 e. The summed E-state index contributed by atoms with van der Waals surface area (Å²) < 4.78 is 5.90. The molecular weight excluding hydrogens is 526 g/mol. The first-order valence-electron chi connectivity index (χ1n) is 13.3. The van der Waals surface area contributed by atoms with E-state index in [-0.39, 0.29) is 29.9 Å². The second-order valence-electron chi connectivity index (χ2n) is 9.98. The van der Waals surface area contributed by atoms with Gasteiger partial charge in [-0.2, -0.15) is 0 Å². The van der Waals surface area contributed by atoms with Crippen LogP contribution in [0.15, 0.2) is 84.5 Å². The predicted molar refractivity (Wildman–Crippen MR) is 153 cm³/mol. The Morgan fingerprint density at radius 3 is 2.42 bits per heavy atom. The van der Waals surface area contributed by atoms with Crippen LogP contribution in [0.1, 0.15) is 37.3 Å². The number of aromatic nitrogens is 1. The van der Waals surface area contributed by atoms with E-state index in [9.17, 15) is 14.4 Å². The van der Waals surface area contributed by atoms with Crippen LogP contribution in [-0.4, -0.2) is 40.2 Å². The van der Waals surface area contributed by atoms with Gasteiger partial charge in [0.2, 0.25) is 11.8 Å². The fourth-order valence-corrected chi connectivity index (χ4v) is 6.79. The average molecular weight is 556 g/mol. The van der Waals surface area contributed by atoms with Gasteiger partial charge in [-0.3, -0.25) is 14.5 Å². The lowest BCUT2D eigenvalue weighted by molar-refractivity contribution is -0.123. The van der Waals surface area contributed by atoms with Gasteiger partial charge in [0.1, 0.15) is 21.8 Å². The Morgan fingerprint density at radius 2 is 1.70 bits per heavy atom. The van der Waals surface area contributed by atoms with Gasteiger partial charge < -0.3 is 20.7 Å². The Labute approximate surface area is 236 Å². The normalized spacial score (nSPS) is 23.0. The minimum atomic E-state index is -0.575. The Morgan fingerprint density at radius 1 is 1.00 bits per heavy atom. The average Bonchev–Trinajstić information content (AvgIpc) is 3.35. The van der Waals surface area contributed by atoms with Crippen molar-refractivity contribution in [1.82, 2.24) is 20.9 Å². The quantitative estimate of drug-likeness (QED) is 0.355. The zero-order valence-electron chi connectivity index (χ0n) is 21.7. The Kier molecular flexibility index (Phi) is 7.17. The van der Waals surface area contributed by atoms with Gasteiger partial charge in [-0.25, -0.2) is 9.78 Å². The van der Waals surface area contributed by atoms with Crippen molar-refractivity contribution in [1.29, 1.82) is 0 Å². The van der Waals surface area contributed by atoms with Crippen LogP contribution in [0, 0.1) is 0 Å². The third-order valence-corrected chi connectivity index (χ3v) is 8.73. The molecule has 3 N–H and O–H groups in total. The number of hydrogen-bond donors (Lipinski definition) is 3. The number of rotatable bonds is 7. The lowest BCUT2D eigenvalue weighted by atomic mass is 9.89. The van der Waals surface area contributed by atoms with Crippen molar-refractivity contribution < 1.29 is 19.1 Å². The molecule has 1 aromatic heterocycles. The van der Waals surface area contributed by atoms with Gasteiger partial charge >= 0.3 is 6.03 Å². The van der Waals surface area contributed by atoms with Crippen LogP contribution >= 0.6 is 11.8 Å². The lowest BCUT2D eigenvalue weighted by Crippen LogP contribution is -2.56. The van der Waals surface area contributed by atoms with Crippen LogP contribution in [0.5, 0.6) is 11.5 Å². The van der Waals surface area contributed by atoms with Crippen molar-refractivity contribution in [3.63, 3.8) is 0 Å². The van der Waals surface area contributed by atoms with E-state index in [1.54, 1.807) is 11.1 Å². The summed E-state index contributed by atoms with van der Waals surface area (Å²) in [5, 5.41) is 9.29. The molecule has 2 aliphatic heterocycles. The molecule has 10 heteroatoms. The molecule has 2 aromatic carbocycles. The number of nitrogens with zero attached hydrogens (tertiary/aromatic N) is 2. The van der Waals surface area contributed by atoms with Crippen LogP contribution in [0.2, 0.25) is 0 Å². The van der Waals surface area contributed by atoms with Crippen LogP contribution in [0.25, 0.3) is 0 Å². The molecule has 1 fully saturated rings. The SMILES string of the molecule is C=CC(=O)N[C@H]1CCCC[C@H]1NC(=O)C1Sc2nccc3c2C1NC(=O)N3c1ccc(Oc2ccccc2)cc1. The van der Waals surface area contributed by atoms with Gasteiger partial charge in [0, 0.05) is 23.8 Å². The number of pyridine rings is 1. The number of ether oxygens (including phenoxy) is 1. The zero-order valence-corrected chi connectivity index (χ0v) is 22.5. The number of urea groups is 1. The number of benzene rings is 2. The van der Waals surface area contributed by atoms with Gasteiger partial charge in [-0.05, 0) is 61.4 Å². The van der Waals surface area contributed by atoms with Crippen LogP contribution in [0.3, 0.4) is 0 Å². The summed E-state index contributed by atoms with van der Waals surface area (Å²) in [5.74, 6) is 0.953. The summed E-state index contributed by atoms with van der Waals surface area (Å²) in [4.78, 5) is 45.1. The molecule has 0 saturated heterocycles. The fraction of sp³-hybridized carbons (Fsp3) is 0.267. The number of para-hydroxylation sites is 1. The smallest absolute Gasteiger partial charge is 0.327 e. The van der Waals surface area contributed by atoms with Crippen molar-refractivity contribution in [2.45, 2.75) is 54.1 Å². The molecule has 0 bridgehead atoms. The Bertz CT molecular complexity index is 1450. The summed E-state index contributed by atoms with van der Waals surface area (Å²) in [5.41, 5.74) is 2.20. The molecule has 204 valence electrons. The summed E-state index contributed by atoms with van der Waals surface area (Å²) >= 11 is 1.35. The van der Waals surface area contributed by atoms with Crippen molar-refractivity contribution in [3.05, 3.63) is 85.1 Å². The molecule has 3 aliphatic rings. The number of nitrogens with one attached hydrogen (secondary N) is 3. The molecule has 4 atom stereocenters. The van der Waals surface area contributed by atoms with Crippen LogP contribution < -0.4 is 25.6 Å². The van der Waals surface area contributed by atoms with Crippen LogP contribution in [0.4, 0.5) is 16.2 Å². The van der Waals surface area contributed by atoms with E-state index >= 15 is 0 Å². The highest BCUT2D eigenvalue weighted by Gasteiger charge is 2.47. The zero-order chi connectivity index (χ0) is 27.6. The molecule has 3 heterocycles. The Balaban J connectivity index is 1.21. The van der Waals surface area contributed by atoms with E-state index in [1.165, 1.54) is 17.8 Å². The van der Waals surface area contributed by atoms with E-state index in [0.717, 1.165) is 42.0 Å². The van der Waals surface area contributed by atoms with Gasteiger partial charge in [0.15, 0.2) is 0 Å². The van der Waals surface area contributed by atoms with Gasteiger partial charge in [-0.1, -0.05) is 49.4 Å². The van der Waals surface area contributed by atoms with E-state index < -0.39 is 11.3 Å². The predicted octanol–water partition coefficient (Wildman–Crippen LogP) is 4.98. The summed E-state index contributed by atoms with van der Waals surface area (Å²) in [6.07, 6.45) is 6.43. The van der Waals surface area contributed by atoms with Gasteiger partial charge in [-0.15, -0.1) is 0 Å². The number of hydrogen-bond acceptors (Lipinski definition) is 6.